The van der Waals surface area contributed by atoms with Crippen molar-refractivity contribution >= 4 is 14.4 Å². The third-order valence-electron chi connectivity index (χ3n) is 2.29. The van der Waals surface area contributed by atoms with E-state index in [2.05, 4.69) is 0 Å². The molecule has 0 aromatic heterocycles. The van der Waals surface area contributed by atoms with E-state index in [1.165, 1.54) is 0 Å². The first kappa shape index (κ1) is 16.1. The van der Waals surface area contributed by atoms with Crippen LogP contribution < -0.4 is 4.52 Å². The summed E-state index contributed by atoms with van der Waals surface area (Å²) in [5, 5.41) is 0. The fraction of sp³-hybridized carbons (Fsp3) is 0.500. The van der Waals surface area contributed by atoms with Crippen LogP contribution in [0.15, 0.2) is 24.3 Å². The van der Waals surface area contributed by atoms with Gasteiger partial charge in [0.2, 0.25) is 0 Å². The number of hydrogen-bond donors (Lipinski definition) is 1. The van der Waals surface area contributed by atoms with Crippen molar-refractivity contribution in [2.45, 2.75) is 40.7 Å². The SMILES string of the molecule is CC(C)OP(O)Oc1ccccc1C(=O)C(C)(C)C. The van der Waals surface area contributed by atoms with Gasteiger partial charge in [0.05, 0.1) is 11.7 Å². The van der Waals surface area contributed by atoms with E-state index in [1.807, 2.05) is 20.8 Å². The Kier molecular flexibility index (Phi) is 5.48. The van der Waals surface area contributed by atoms with Gasteiger partial charge in [0, 0.05) is 5.41 Å². The molecule has 1 rings (SSSR count). The third kappa shape index (κ3) is 4.90. The van der Waals surface area contributed by atoms with Crippen molar-refractivity contribution in [3.05, 3.63) is 29.8 Å². The van der Waals surface area contributed by atoms with Crippen LogP contribution in [0.3, 0.4) is 0 Å². The fourth-order valence-electron chi connectivity index (χ4n) is 1.42. The minimum atomic E-state index is -2.03. The average Bonchev–Trinajstić information content (AvgIpc) is 2.26. The highest BCUT2D eigenvalue weighted by Crippen LogP contribution is 2.39. The number of hydrogen-bond acceptors (Lipinski definition) is 4. The highest BCUT2D eigenvalue weighted by atomic mass is 31.2. The van der Waals surface area contributed by atoms with E-state index < -0.39 is 14.0 Å². The van der Waals surface area contributed by atoms with Crippen molar-refractivity contribution in [1.29, 1.82) is 0 Å². The van der Waals surface area contributed by atoms with Gasteiger partial charge in [-0.05, 0) is 26.0 Å². The Balaban J connectivity index is 2.94. The van der Waals surface area contributed by atoms with Crippen molar-refractivity contribution in [1.82, 2.24) is 0 Å². The van der Waals surface area contributed by atoms with Gasteiger partial charge in [0.1, 0.15) is 5.75 Å². The van der Waals surface area contributed by atoms with Gasteiger partial charge in [-0.15, -0.1) is 0 Å². The Morgan fingerprint density at radius 1 is 1.26 bits per heavy atom. The van der Waals surface area contributed by atoms with E-state index in [0.717, 1.165) is 0 Å². The molecule has 5 heteroatoms. The van der Waals surface area contributed by atoms with E-state index in [4.69, 9.17) is 9.05 Å². The van der Waals surface area contributed by atoms with Crippen LogP contribution in [0.4, 0.5) is 0 Å². The second kappa shape index (κ2) is 6.47. The molecule has 106 valence electrons. The number of rotatable bonds is 5. The van der Waals surface area contributed by atoms with E-state index in [1.54, 1.807) is 38.1 Å². The van der Waals surface area contributed by atoms with E-state index in [9.17, 15) is 9.69 Å². The van der Waals surface area contributed by atoms with Gasteiger partial charge in [-0.3, -0.25) is 9.32 Å². The normalized spacial score (nSPS) is 13.4. The van der Waals surface area contributed by atoms with Gasteiger partial charge in [-0.1, -0.05) is 32.9 Å². The average molecular weight is 284 g/mol. The van der Waals surface area contributed by atoms with E-state index in [0.29, 0.717) is 11.3 Å². The van der Waals surface area contributed by atoms with E-state index in [-0.39, 0.29) is 11.9 Å². The second-order valence-corrected chi connectivity index (χ2v) is 6.43. The topological polar surface area (TPSA) is 55.8 Å². The van der Waals surface area contributed by atoms with Crippen molar-refractivity contribution in [2.24, 2.45) is 5.41 Å². The summed E-state index contributed by atoms with van der Waals surface area (Å²) >= 11 is 0. The molecule has 1 aromatic rings. The Labute approximate surface area is 115 Å². The fourth-order valence-corrected chi connectivity index (χ4v) is 2.16. The molecule has 0 aliphatic carbocycles. The number of para-hydroxylation sites is 1. The summed E-state index contributed by atoms with van der Waals surface area (Å²) in [6, 6.07) is 6.89. The van der Waals surface area contributed by atoms with Crippen molar-refractivity contribution in [3.8, 4) is 5.75 Å². The molecule has 0 heterocycles. The van der Waals surface area contributed by atoms with Gasteiger partial charge in [-0.25, -0.2) is 0 Å². The smallest absolute Gasteiger partial charge is 0.394 e. The van der Waals surface area contributed by atoms with Gasteiger partial charge < -0.3 is 9.42 Å². The van der Waals surface area contributed by atoms with Crippen LogP contribution in [0, 0.1) is 5.41 Å². The highest BCUT2D eigenvalue weighted by Gasteiger charge is 2.26. The predicted molar refractivity (Wildman–Crippen MR) is 76.2 cm³/mol. The number of benzene rings is 1. The van der Waals surface area contributed by atoms with Crippen LogP contribution in [0.1, 0.15) is 45.0 Å². The zero-order chi connectivity index (χ0) is 14.6. The van der Waals surface area contributed by atoms with Crippen LogP contribution in [-0.4, -0.2) is 16.8 Å². The first-order valence-corrected chi connectivity index (χ1v) is 7.32. The lowest BCUT2D eigenvalue weighted by atomic mass is 9.86. The maximum Gasteiger partial charge on any atom is 0.394 e. The number of Topliss-reactive ketones (excluding diaryl/α,β-unsaturated/α-hetero) is 1. The van der Waals surface area contributed by atoms with Crippen LogP contribution in [-0.2, 0) is 4.52 Å². The summed E-state index contributed by atoms with van der Waals surface area (Å²) in [6.07, 6.45) is -0.137. The predicted octanol–water partition coefficient (Wildman–Crippen LogP) is 3.94. The molecule has 0 fully saturated rings. The van der Waals surface area contributed by atoms with E-state index >= 15 is 0 Å². The first-order valence-electron chi connectivity index (χ1n) is 6.19. The largest absolute Gasteiger partial charge is 0.426 e. The summed E-state index contributed by atoms with van der Waals surface area (Å²) in [5.41, 5.74) is -0.0414. The number of ketones is 1. The quantitative estimate of drug-likeness (QED) is 0.657. The molecule has 0 saturated carbocycles. The second-order valence-electron chi connectivity index (χ2n) is 5.56. The lowest BCUT2D eigenvalue weighted by molar-refractivity contribution is 0.0856. The lowest BCUT2D eigenvalue weighted by Crippen LogP contribution is -2.20. The molecular formula is C14H21O4P. The molecule has 0 spiro atoms. The Morgan fingerprint density at radius 3 is 2.37 bits per heavy atom. The van der Waals surface area contributed by atoms with Crippen molar-refractivity contribution < 1.29 is 18.7 Å². The molecule has 1 atom stereocenters. The Bertz CT molecular complexity index is 437. The summed E-state index contributed by atoms with van der Waals surface area (Å²) in [6.45, 7) is 9.15. The molecule has 0 radical (unpaired) electrons. The van der Waals surface area contributed by atoms with Crippen LogP contribution in [0.5, 0.6) is 5.75 Å². The van der Waals surface area contributed by atoms with Gasteiger partial charge in [0.25, 0.3) is 0 Å². The Morgan fingerprint density at radius 2 is 1.84 bits per heavy atom. The molecule has 1 N–H and O–H groups in total. The zero-order valence-corrected chi connectivity index (χ0v) is 12.9. The minimum Gasteiger partial charge on any atom is -0.426 e. The third-order valence-corrected chi connectivity index (χ3v) is 3.25. The maximum absolute atomic E-state index is 12.3. The summed E-state index contributed by atoms with van der Waals surface area (Å²) in [7, 11) is -2.03. The maximum atomic E-state index is 12.3. The zero-order valence-electron chi connectivity index (χ0n) is 12.0. The molecule has 4 nitrogen and oxygen atoms in total. The molecule has 1 unspecified atom stereocenters. The van der Waals surface area contributed by atoms with Gasteiger partial charge in [-0.2, -0.15) is 0 Å². The molecule has 0 amide bonds. The summed E-state index contributed by atoms with van der Waals surface area (Å²) < 4.78 is 10.5. The standard InChI is InChI=1S/C14H21O4P/c1-10(2)17-19(16)18-12-9-7-6-8-11(12)13(15)14(3,4)5/h6-10,16H,1-5H3. The molecule has 0 saturated heterocycles. The van der Waals surface area contributed by atoms with Crippen LogP contribution >= 0.6 is 8.60 Å². The van der Waals surface area contributed by atoms with Crippen LogP contribution in [0.2, 0.25) is 0 Å². The molecule has 1 aromatic carbocycles. The van der Waals surface area contributed by atoms with Crippen LogP contribution in [0.25, 0.3) is 0 Å². The molecular weight excluding hydrogens is 263 g/mol. The summed E-state index contributed by atoms with van der Waals surface area (Å²) in [5.74, 6) is 0.327. The van der Waals surface area contributed by atoms with Crippen molar-refractivity contribution in [3.63, 3.8) is 0 Å². The van der Waals surface area contributed by atoms with Gasteiger partial charge in [0.15, 0.2) is 5.78 Å². The molecule has 0 aliphatic heterocycles. The first-order chi connectivity index (χ1) is 8.71. The lowest BCUT2D eigenvalue weighted by Gasteiger charge is -2.20. The van der Waals surface area contributed by atoms with Gasteiger partial charge >= 0.3 is 8.60 Å². The molecule has 0 aliphatic rings. The number of carbonyl (C=O) groups excluding carboxylic acids is 1. The summed E-state index contributed by atoms with van der Waals surface area (Å²) in [4.78, 5) is 22.0. The van der Waals surface area contributed by atoms with Crippen molar-refractivity contribution in [2.75, 3.05) is 0 Å². The molecule has 19 heavy (non-hydrogen) atoms. The monoisotopic (exact) mass is 284 g/mol. The number of carbonyl (C=O) groups is 1. The highest BCUT2D eigenvalue weighted by molar-refractivity contribution is 7.41. The minimum absolute atomic E-state index is 0.0314. The molecule has 0 bridgehead atoms. The Hall–Kier alpha value is -0.960.